The monoisotopic (exact) mass is 2330 g/mol. The average molecular weight is 2330 g/mol. The second-order valence-corrected chi connectivity index (χ2v) is 27.8. The van der Waals surface area contributed by atoms with E-state index in [1.54, 1.807) is 30.6 Å². The molecule has 0 fully saturated rings. The van der Waals surface area contributed by atoms with Gasteiger partial charge in [-0.05, 0) is 155 Å². The van der Waals surface area contributed by atoms with Crippen LogP contribution in [0, 0.1) is 76.0 Å². The zero-order valence-electron chi connectivity index (χ0n) is 72.5. The standard InChI is InChI=1S/C18H13FN.3C18H14N.2C15H10N.C11H8N.4Ir/c1-13-11-18(15-5-3-2-4-6-15)20-12-17(13)14-7-9-16(19)10-8-14;3*1-14-12-18(16-10-6-3-7-11-16)19-13-17(14)15-8-4-2-5-9-15;1-2-6-12(7-3-1)15-10-13-8-4-5-9-14(13)11-16-15;1-2-6-12(7-3-1)15-11-10-13-8-4-5-9-14(13)16-15;1-2-6-10(7-3-1)11-8-4-5-9-12-11;;;;/h2-5,7-12H,1H3;3*2-10,12-13H,1H3;2*1-6,8-11H;1-6,8-9H;;;;/q7*-1;;;;/i2D,3D,4D,5D;;;;;;;;;;. The van der Waals surface area contributed by atoms with Crippen LogP contribution in [0.1, 0.15) is 27.7 Å². The molecule has 0 amide bonds. The summed E-state index contributed by atoms with van der Waals surface area (Å²) in [5, 5.41) is 3.55. The Bertz CT molecular complexity index is 6420. The summed E-state index contributed by atoms with van der Waals surface area (Å²) in [4.78, 5) is 31.3. The molecule has 0 N–H and O–H groups in total. The minimum atomic E-state index is -0.316. The number of rotatable bonds is 11. The van der Waals surface area contributed by atoms with Crippen molar-refractivity contribution in [2.45, 2.75) is 27.7 Å². The fourth-order valence-electron chi connectivity index (χ4n) is 13.2. The van der Waals surface area contributed by atoms with Gasteiger partial charge in [-0.1, -0.05) is 200 Å². The summed E-state index contributed by atoms with van der Waals surface area (Å²) in [7, 11) is 0. The number of halogens is 1. The molecule has 0 aliphatic heterocycles. The van der Waals surface area contributed by atoms with Crippen molar-refractivity contribution < 1.29 is 90.3 Å². The normalized spacial score (nSPS) is 10.5. The van der Waals surface area contributed by atoms with E-state index in [0.717, 1.165) is 89.8 Å². The predicted molar refractivity (Wildman–Crippen MR) is 495 cm³/mol. The van der Waals surface area contributed by atoms with Crippen molar-refractivity contribution in [1.29, 1.82) is 0 Å². The molecule has 0 saturated carbocycles. The average Bonchev–Trinajstić information content (AvgIpc) is 0.818. The maximum absolute atomic E-state index is 13.0. The van der Waals surface area contributed by atoms with Gasteiger partial charge in [-0.2, -0.15) is 0 Å². The fraction of sp³-hybridized carbons (Fsp3) is 0.0354. The molecule has 0 saturated heterocycles. The fourth-order valence-corrected chi connectivity index (χ4v) is 13.2. The number of aryl methyl sites for hydroxylation is 4. The molecule has 620 valence electrons. The zero-order chi connectivity index (χ0) is 86.5. The number of hydrogen-bond acceptors (Lipinski definition) is 7. The van der Waals surface area contributed by atoms with Gasteiger partial charge in [0.1, 0.15) is 5.82 Å². The Balaban J connectivity index is 0.000000157. The Morgan fingerprint density at radius 2 is 0.576 bits per heavy atom. The molecule has 0 spiro atoms. The Hall–Kier alpha value is -13.0. The number of aromatic nitrogens is 7. The van der Waals surface area contributed by atoms with Gasteiger partial charge in [-0.3, -0.25) is 4.98 Å². The van der Waals surface area contributed by atoms with Gasteiger partial charge >= 0.3 is 0 Å². The van der Waals surface area contributed by atoms with Gasteiger partial charge in [0.15, 0.2) is 0 Å². The summed E-state index contributed by atoms with van der Waals surface area (Å²) in [6.07, 6.45) is 11.2. The summed E-state index contributed by atoms with van der Waals surface area (Å²) in [6, 6.07) is 142. The molecule has 12 heteroatoms. The van der Waals surface area contributed by atoms with Crippen LogP contribution in [0.25, 0.3) is 145 Å². The van der Waals surface area contributed by atoms with E-state index in [1.165, 1.54) is 78.4 Å². The molecule has 0 bridgehead atoms. The molecule has 0 aliphatic carbocycles. The maximum atomic E-state index is 13.0. The molecule has 7 nitrogen and oxygen atoms in total. The van der Waals surface area contributed by atoms with Crippen LogP contribution in [-0.2, 0) is 80.4 Å². The molecule has 7 aromatic heterocycles. The minimum absolute atomic E-state index is 0. The molecular weight excluding hydrogens is 2240 g/mol. The minimum Gasteiger partial charge on any atom is -0.305 e. The molecule has 0 atom stereocenters. The third kappa shape index (κ3) is 27.0. The largest absolute Gasteiger partial charge is 0.305 e. The second kappa shape index (κ2) is 49.3. The van der Waals surface area contributed by atoms with Gasteiger partial charge < -0.3 is 29.9 Å². The van der Waals surface area contributed by atoms with E-state index in [4.69, 9.17) is 5.48 Å². The van der Waals surface area contributed by atoms with Gasteiger partial charge in [0.25, 0.3) is 0 Å². The summed E-state index contributed by atoms with van der Waals surface area (Å²) < 4.78 is 44.0. The summed E-state index contributed by atoms with van der Waals surface area (Å²) in [5.74, 6) is -0.309. The van der Waals surface area contributed by atoms with Gasteiger partial charge in [-0.15, -0.1) is 251 Å². The Labute approximate surface area is 792 Å². The van der Waals surface area contributed by atoms with Gasteiger partial charge in [0.2, 0.25) is 0 Å². The number of fused-ring (bicyclic) bond motifs is 2. The molecular formula is C113H83FIr4N7-7. The Morgan fingerprint density at radius 1 is 0.248 bits per heavy atom. The van der Waals surface area contributed by atoms with Gasteiger partial charge in [0, 0.05) is 143 Å². The van der Waals surface area contributed by atoms with Crippen molar-refractivity contribution in [3.8, 4) is 123 Å². The second-order valence-electron chi connectivity index (χ2n) is 27.8. The number of para-hydroxylation sites is 1. The van der Waals surface area contributed by atoms with E-state index in [-0.39, 0.29) is 116 Å². The van der Waals surface area contributed by atoms with E-state index in [1.807, 2.05) is 286 Å². The Morgan fingerprint density at radius 3 is 0.960 bits per heavy atom. The quantitative estimate of drug-likeness (QED) is 0.119. The van der Waals surface area contributed by atoms with Crippen LogP contribution in [0.2, 0.25) is 0 Å². The van der Waals surface area contributed by atoms with Gasteiger partial charge in [-0.25, -0.2) is 4.39 Å². The van der Waals surface area contributed by atoms with Crippen LogP contribution in [0.15, 0.2) is 431 Å². The molecule has 13 aromatic carbocycles. The number of hydrogen-bond donors (Lipinski definition) is 0. The molecule has 0 unspecified atom stereocenters. The van der Waals surface area contributed by atoms with E-state index < -0.39 is 0 Å². The molecule has 7 heterocycles. The van der Waals surface area contributed by atoms with Crippen molar-refractivity contribution in [1.82, 2.24) is 34.9 Å². The van der Waals surface area contributed by atoms with Crippen molar-refractivity contribution >= 4 is 21.7 Å². The van der Waals surface area contributed by atoms with E-state index >= 15 is 0 Å². The first-order valence-corrected chi connectivity index (χ1v) is 39.5. The van der Waals surface area contributed by atoms with Crippen molar-refractivity contribution in [3.63, 3.8) is 0 Å². The first-order chi connectivity index (χ1) is 61.2. The van der Waals surface area contributed by atoms with Crippen molar-refractivity contribution in [2.24, 2.45) is 0 Å². The third-order valence-corrected chi connectivity index (χ3v) is 19.4. The summed E-state index contributed by atoms with van der Waals surface area (Å²) in [6.45, 7) is 8.24. The first-order valence-electron chi connectivity index (χ1n) is 41.5. The van der Waals surface area contributed by atoms with E-state index in [2.05, 4.69) is 183 Å². The molecule has 0 aliphatic rings. The van der Waals surface area contributed by atoms with Crippen LogP contribution in [-0.4, -0.2) is 34.9 Å². The number of benzene rings is 13. The maximum Gasteiger partial charge on any atom is 0.123 e. The van der Waals surface area contributed by atoms with Crippen LogP contribution >= 0.6 is 0 Å². The van der Waals surface area contributed by atoms with Crippen molar-refractivity contribution in [2.75, 3.05) is 0 Å². The first kappa shape index (κ1) is 88.3. The van der Waals surface area contributed by atoms with Crippen LogP contribution in [0.3, 0.4) is 0 Å². The van der Waals surface area contributed by atoms with Crippen molar-refractivity contribution in [3.05, 3.63) is 502 Å². The molecule has 20 aromatic rings. The number of nitrogens with zero attached hydrogens (tertiary/aromatic N) is 7. The predicted octanol–water partition coefficient (Wildman–Crippen LogP) is 28.2. The topological polar surface area (TPSA) is 90.2 Å². The number of pyridine rings is 7. The van der Waals surface area contributed by atoms with E-state index in [9.17, 15) is 4.39 Å². The van der Waals surface area contributed by atoms with E-state index in [0.29, 0.717) is 5.69 Å². The summed E-state index contributed by atoms with van der Waals surface area (Å²) >= 11 is 0. The van der Waals surface area contributed by atoms with Crippen LogP contribution in [0.4, 0.5) is 4.39 Å². The van der Waals surface area contributed by atoms with Crippen LogP contribution < -0.4 is 0 Å². The zero-order valence-corrected chi connectivity index (χ0v) is 78.1. The SMILES string of the molecule is Cc1cc(-c2[c-]cccc2)ncc1-c1ccccc1.Cc1cc(-c2[c-]cccc2)ncc1-c1ccccc1.Cc1cc(-c2[c-]cccc2)ncc1-c1ccccc1.[2H]c1[c-]c(-c2cc(C)c(-c3ccc(F)cc3)cn2)c([2H])c([2H])c1[2H].[Ir].[Ir].[Ir].[Ir].[c-]1ccccc1-c1cc2ccccc2cn1.[c-]1ccccc1-c1ccc2ccccc2n1.[c-]1ccccc1-c1ccccn1. The molecule has 4 radical (unpaired) electrons. The Kier molecular flexibility index (Phi) is 34.8. The summed E-state index contributed by atoms with van der Waals surface area (Å²) in [5.41, 5.74) is 27.1. The molecule has 20 rings (SSSR count). The van der Waals surface area contributed by atoms with Crippen LogP contribution in [0.5, 0.6) is 0 Å². The third-order valence-electron chi connectivity index (χ3n) is 19.4. The van der Waals surface area contributed by atoms with Gasteiger partial charge in [0.05, 0.1) is 5.52 Å². The smallest absolute Gasteiger partial charge is 0.123 e. The molecule has 125 heavy (non-hydrogen) atoms.